The van der Waals surface area contributed by atoms with Crippen molar-refractivity contribution in [1.29, 1.82) is 0 Å². The third kappa shape index (κ3) is 3.59. The van der Waals surface area contributed by atoms with Gasteiger partial charge >= 0.3 is 0 Å². The average molecular weight is 427 g/mol. The second-order valence-electron chi connectivity index (χ2n) is 7.26. The molecule has 2 saturated heterocycles. The quantitative estimate of drug-likeness (QED) is 0.461. The first kappa shape index (κ1) is 20.2. The highest BCUT2D eigenvalue weighted by Crippen LogP contribution is 2.29. The summed E-state index contributed by atoms with van der Waals surface area (Å²) in [4.78, 5) is 28.4. The Morgan fingerprint density at radius 2 is 1.73 bits per heavy atom. The van der Waals surface area contributed by atoms with Crippen LogP contribution in [0.1, 0.15) is 24.0 Å². The molecule has 4 rings (SSSR count). The highest BCUT2D eigenvalue weighted by Gasteiger charge is 2.35. The molecular weight excluding hydrogens is 408 g/mol. The van der Waals surface area contributed by atoms with Crippen LogP contribution in [0.3, 0.4) is 0 Å². The summed E-state index contributed by atoms with van der Waals surface area (Å²) < 4.78 is 29.0. The van der Waals surface area contributed by atoms with Crippen molar-refractivity contribution < 1.29 is 18.4 Å². The lowest BCUT2D eigenvalue weighted by Gasteiger charge is -2.29. The van der Waals surface area contributed by atoms with E-state index >= 15 is 0 Å². The van der Waals surface area contributed by atoms with Crippen LogP contribution in [0.2, 0.25) is 0 Å². The SMILES string of the molecule is Cc1cc(N2CCCC2)c(F)cc1/C=C1\C(=O)NC(=S)N(c2ccccc2F)C1=O. The highest BCUT2D eigenvalue weighted by atomic mass is 32.1. The van der Waals surface area contributed by atoms with Crippen LogP contribution in [-0.2, 0) is 9.59 Å². The zero-order valence-electron chi connectivity index (χ0n) is 16.2. The van der Waals surface area contributed by atoms with Gasteiger partial charge in [0.15, 0.2) is 5.11 Å². The molecule has 2 aliphatic rings. The molecular formula is C22H19F2N3O2S. The van der Waals surface area contributed by atoms with Gasteiger partial charge in [-0.15, -0.1) is 0 Å². The largest absolute Gasteiger partial charge is 0.369 e. The number of rotatable bonds is 3. The van der Waals surface area contributed by atoms with Gasteiger partial charge in [0.05, 0.1) is 11.4 Å². The minimum absolute atomic E-state index is 0.0642. The normalized spacial score (nSPS) is 18.4. The van der Waals surface area contributed by atoms with Crippen molar-refractivity contribution in [2.24, 2.45) is 0 Å². The number of hydrogen-bond acceptors (Lipinski definition) is 4. The van der Waals surface area contributed by atoms with E-state index in [1.54, 1.807) is 19.1 Å². The van der Waals surface area contributed by atoms with E-state index in [0.717, 1.165) is 36.4 Å². The Labute approximate surface area is 178 Å². The van der Waals surface area contributed by atoms with Crippen molar-refractivity contribution >= 4 is 46.6 Å². The minimum atomic E-state index is -0.766. The first-order chi connectivity index (χ1) is 14.4. The summed E-state index contributed by atoms with van der Waals surface area (Å²) in [5, 5.41) is 2.20. The molecule has 0 saturated carbocycles. The van der Waals surface area contributed by atoms with Gasteiger partial charge in [-0.3, -0.25) is 14.9 Å². The Morgan fingerprint density at radius 1 is 1.03 bits per heavy atom. The maximum Gasteiger partial charge on any atom is 0.270 e. The summed E-state index contributed by atoms with van der Waals surface area (Å²) in [6.45, 7) is 3.38. The Balaban J connectivity index is 1.73. The second kappa shape index (κ2) is 7.95. The van der Waals surface area contributed by atoms with Crippen molar-refractivity contribution in [3.63, 3.8) is 0 Å². The Kier molecular flexibility index (Phi) is 5.34. The van der Waals surface area contributed by atoms with E-state index in [-0.39, 0.29) is 16.4 Å². The van der Waals surface area contributed by atoms with Crippen LogP contribution in [0.5, 0.6) is 0 Å². The van der Waals surface area contributed by atoms with Crippen LogP contribution in [-0.4, -0.2) is 30.0 Å². The third-order valence-electron chi connectivity index (χ3n) is 5.28. The lowest BCUT2D eigenvalue weighted by molar-refractivity contribution is -0.122. The number of aryl methyl sites for hydroxylation is 1. The van der Waals surface area contributed by atoms with Gasteiger partial charge in [-0.25, -0.2) is 13.7 Å². The molecule has 0 radical (unpaired) electrons. The molecule has 2 aliphatic heterocycles. The van der Waals surface area contributed by atoms with E-state index in [1.807, 2.05) is 4.90 Å². The standard InChI is InChI=1S/C22H19F2N3O2S/c1-13-10-19(26-8-4-5-9-26)17(24)12-14(13)11-15-20(28)25-22(30)27(21(15)29)18-7-3-2-6-16(18)23/h2-3,6-7,10-12H,4-5,8-9H2,1H3,(H,25,28,30)/b15-11+. The first-order valence-electron chi connectivity index (χ1n) is 9.58. The number of hydrogen-bond donors (Lipinski definition) is 1. The van der Waals surface area contributed by atoms with Gasteiger partial charge in [-0.2, -0.15) is 0 Å². The van der Waals surface area contributed by atoms with Crippen LogP contribution in [0.4, 0.5) is 20.2 Å². The minimum Gasteiger partial charge on any atom is -0.369 e. The number of thiocarbonyl (C=S) groups is 1. The number of para-hydroxylation sites is 1. The molecule has 154 valence electrons. The molecule has 0 aromatic heterocycles. The molecule has 2 amide bonds. The first-order valence-corrected chi connectivity index (χ1v) is 9.98. The number of anilines is 2. The fourth-order valence-electron chi connectivity index (χ4n) is 3.70. The van der Waals surface area contributed by atoms with Crippen LogP contribution in [0.15, 0.2) is 42.0 Å². The van der Waals surface area contributed by atoms with Crippen molar-refractivity contribution in [1.82, 2.24) is 5.32 Å². The molecule has 2 aromatic carbocycles. The second-order valence-corrected chi connectivity index (χ2v) is 7.65. The number of carbonyl (C=O) groups is 2. The van der Waals surface area contributed by atoms with Crippen molar-refractivity contribution in [3.05, 3.63) is 64.7 Å². The summed E-state index contributed by atoms with van der Waals surface area (Å²) in [6.07, 6.45) is 3.36. The lowest BCUT2D eigenvalue weighted by atomic mass is 10.0. The van der Waals surface area contributed by atoms with Gasteiger partial charge in [0.1, 0.15) is 17.2 Å². The third-order valence-corrected chi connectivity index (χ3v) is 5.56. The van der Waals surface area contributed by atoms with Gasteiger partial charge in [-0.05, 0) is 73.5 Å². The number of nitrogens with zero attached hydrogens (tertiary/aromatic N) is 2. The molecule has 0 aliphatic carbocycles. The fraction of sp³-hybridized carbons (Fsp3) is 0.227. The van der Waals surface area contributed by atoms with Gasteiger partial charge in [-0.1, -0.05) is 12.1 Å². The topological polar surface area (TPSA) is 52.7 Å². The summed E-state index contributed by atoms with van der Waals surface area (Å²) in [7, 11) is 0. The molecule has 30 heavy (non-hydrogen) atoms. The van der Waals surface area contributed by atoms with E-state index in [2.05, 4.69) is 5.32 Å². The molecule has 2 heterocycles. The molecule has 0 atom stereocenters. The molecule has 0 spiro atoms. The van der Waals surface area contributed by atoms with Crippen LogP contribution < -0.4 is 15.1 Å². The monoisotopic (exact) mass is 427 g/mol. The Morgan fingerprint density at radius 3 is 2.43 bits per heavy atom. The summed E-state index contributed by atoms with van der Waals surface area (Å²) in [5.41, 5.74) is 1.32. The molecule has 2 fully saturated rings. The lowest BCUT2D eigenvalue weighted by Crippen LogP contribution is -2.54. The molecule has 0 bridgehead atoms. The van der Waals surface area contributed by atoms with E-state index in [0.29, 0.717) is 11.3 Å². The maximum absolute atomic E-state index is 14.7. The molecule has 8 heteroatoms. The number of nitrogens with one attached hydrogen (secondary N) is 1. The van der Waals surface area contributed by atoms with Crippen LogP contribution >= 0.6 is 12.2 Å². The van der Waals surface area contributed by atoms with Crippen molar-refractivity contribution in [3.8, 4) is 0 Å². The van der Waals surface area contributed by atoms with Crippen LogP contribution in [0, 0.1) is 18.6 Å². The fourth-order valence-corrected chi connectivity index (χ4v) is 3.98. The number of amides is 2. The summed E-state index contributed by atoms with van der Waals surface area (Å²) in [5.74, 6) is -2.54. The summed E-state index contributed by atoms with van der Waals surface area (Å²) >= 11 is 5.08. The molecule has 0 unspecified atom stereocenters. The van der Waals surface area contributed by atoms with Gasteiger partial charge in [0, 0.05) is 13.1 Å². The Bertz CT molecular complexity index is 1090. The van der Waals surface area contributed by atoms with Gasteiger partial charge < -0.3 is 4.90 Å². The van der Waals surface area contributed by atoms with Crippen molar-refractivity contribution in [2.75, 3.05) is 22.9 Å². The predicted molar refractivity (Wildman–Crippen MR) is 115 cm³/mol. The predicted octanol–water partition coefficient (Wildman–Crippen LogP) is 3.70. The summed E-state index contributed by atoms with van der Waals surface area (Å²) in [6, 6.07) is 8.67. The number of carbonyl (C=O) groups excluding carboxylic acids is 2. The maximum atomic E-state index is 14.7. The van der Waals surface area contributed by atoms with Gasteiger partial charge in [0.2, 0.25) is 0 Å². The number of benzene rings is 2. The molecule has 5 nitrogen and oxygen atoms in total. The zero-order valence-corrected chi connectivity index (χ0v) is 17.1. The Hall–Kier alpha value is -3.13. The smallest absolute Gasteiger partial charge is 0.270 e. The van der Waals surface area contributed by atoms with E-state index in [1.165, 1.54) is 30.3 Å². The van der Waals surface area contributed by atoms with Gasteiger partial charge in [0.25, 0.3) is 11.8 Å². The van der Waals surface area contributed by atoms with E-state index in [9.17, 15) is 18.4 Å². The number of halogens is 2. The average Bonchev–Trinajstić information content (AvgIpc) is 3.23. The van der Waals surface area contributed by atoms with E-state index < -0.39 is 23.4 Å². The van der Waals surface area contributed by atoms with Crippen LogP contribution in [0.25, 0.3) is 6.08 Å². The highest BCUT2D eigenvalue weighted by molar-refractivity contribution is 7.80. The zero-order chi connectivity index (χ0) is 21.4. The molecule has 2 aromatic rings. The van der Waals surface area contributed by atoms with E-state index in [4.69, 9.17) is 12.2 Å². The van der Waals surface area contributed by atoms with Crippen molar-refractivity contribution in [2.45, 2.75) is 19.8 Å². The molecule has 1 N–H and O–H groups in total.